The van der Waals surface area contributed by atoms with Crippen molar-refractivity contribution in [2.24, 2.45) is 0 Å². The van der Waals surface area contributed by atoms with Gasteiger partial charge in [0, 0.05) is 28.6 Å². The van der Waals surface area contributed by atoms with Gasteiger partial charge in [-0.2, -0.15) is 4.98 Å². The van der Waals surface area contributed by atoms with Crippen LogP contribution >= 0.6 is 0 Å². The van der Waals surface area contributed by atoms with Gasteiger partial charge in [-0.25, -0.2) is 9.78 Å². The number of rotatable bonds is 7. The SMILES string of the molecule is COc1cccc(-c2nccc(Oc3ccc(NC(=O)Nc4cc(C(C)(C)C)ccc4OC)c4ccccc34)n2)c1. The summed E-state index contributed by atoms with van der Waals surface area (Å²) in [5.74, 6) is 2.82. The lowest BCUT2D eigenvalue weighted by molar-refractivity contribution is 0.262. The number of ether oxygens (including phenoxy) is 3. The summed E-state index contributed by atoms with van der Waals surface area (Å²) in [6.07, 6.45) is 1.66. The maximum atomic E-state index is 13.1. The number of carbonyl (C=O) groups is 1. The molecule has 8 nitrogen and oxygen atoms in total. The largest absolute Gasteiger partial charge is 0.497 e. The summed E-state index contributed by atoms with van der Waals surface area (Å²) in [6.45, 7) is 6.36. The second kappa shape index (κ2) is 11.6. The molecule has 1 aromatic heterocycles. The molecule has 5 aromatic rings. The van der Waals surface area contributed by atoms with E-state index in [1.165, 1.54) is 0 Å². The fourth-order valence-corrected chi connectivity index (χ4v) is 4.43. The maximum absolute atomic E-state index is 13.1. The molecule has 208 valence electrons. The van der Waals surface area contributed by atoms with E-state index < -0.39 is 0 Å². The predicted molar refractivity (Wildman–Crippen MR) is 162 cm³/mol. The summed E-state index contributed by atoms with van der Waals surface area (Å²) in [4.78, 5) is 22.1. The van der Waals surface area contributed by atoms with Crippen LogP contribution in [0.1, 0.15) is 26.3 Å². The van der Waals surface area contributed by atoms with Crippen molar-refractivity contribution in [3.8, 4) is 34.5 Å². The fraction of sp³-hybridized carbons (Fsp3) is 0.182. The molecule has 5 rings (SSSR count). The Morgan fingerprint density at radius 1 is 0.756 bits per heavy atom. The number of fused-ring (bicyclic) bond motifs is 1. The maximum Gasteiger partial charge on any atom is 0.323 e. The Labute approximate surface area is 239 Å². The number of aromatic nitrogens is 2. The van der Waals surface area contributed by atoms with E-state index >= 15 is 0 Å². The number of amides is 2. The molecule has 0 saturated heterocycles. The first-order chi connectivity index (χ1) is 19.7. The summed E-state index contributed by atoms with van der Waals surface area (Å²) >= 11 is 0. The molecule has 2 amide bonds. The van der Waals surface area contributed by atoms with Gasteiger partial charge >= 0.3 is 6.03 Å². The first-order valence-corrected chi connectivity index (χ1v) is 13.2. The molecule has 0 spiro atoms. The van der Waals surface area contributed by atoms with E-state index in [9.17, 15) is 4.79 Å². The minimum Gasteiger partial charge on any atom is -0.497 e. The van der Waals surface area contributed by atoms with Gasteiger partial charge in [-0.1, -0.05) is 63.2 Å². The average Bonchev–Trinajstić information content (AvgIpc) is 2.98. The lowest BCUT2D eigenvalue weighted by Crippen LogP contribution is -2.21. The predicted octanol–water partition coefficient (Wildman–Crippen LogP) is 8.05. The van der Waals surface area contributed by atoms with Crippen LogP contribution in [0.3, 0.4) is 0 Å². The summed E-state index contributed by atoms with van der Waals surface area (Å²) in [6, 6.07) is 26.0. The lowest BCUT2D eigenvalue weighted by atomic mass is 9.87. The van der Waals surface area contributed by atoms with Gasteiger partial charge in [-0.05, 0) is 47.4 Å². The molecule has 0 atom stereocenters. The quantitative estimate of drug-likeness (QED) is 0.214. The van der Waals surface area contributed by atoms with Crippen molar-refractivity contribution in [2.75, 3.05) is 24.9 Å². The van der Waals surface area contributed by atoms with Gasteiger partial charge < -0.3 is 24.8 Å². The van der Waals surface area contributed by atoms with Crippen LogP contribution in [0.5, 0.6) is 23.1 Å². The molecule has 4 aromatic carbocycles. The topological polar surface area (TPSA) is 94.6 Å². The Bertz CT molecular complexity index is 1710. The van der Waals surface area contributed by atoms with Gasteiger partial charge in [0.15, 0.2) is 5.82 Å². The molecule has 0 aliphatic heterocycles. The monoisotopic (exact) mass is 548 g/mol. The summed E-state index contributed by atoms with van der Waals surface area (Å²) in [5.41, 5.74) is 3.05. The molecule has 41 heavy (non-hydrogen) atoms. The normalized spacial score (nSPS) is 11.1. The van der Waals surface area contributed by atoms with E-state index in [4.69, 9.17) is 14.2 Å². The zero-order chi connectivity index (χ0) is 29.0. The zero-order valence-electron chi connectivity index (χ0n) is 23.7. The van der Waals surface area contributed by atoms with Crippen LogP contribution in [0, 0.1) is 0 Å². The Kier molecular flexibility index (Phi) is 7.74. The highest BCUT2D eigenvalue weighted by Crippen LogP contribution is 2.35. The molecule has 2 N–H and O–H groups in total. The Morgan fingerprint density at radius 3 is 2.27 bits per heavy atom. The zero-order valence-corrected chi connectivity index (χ0v) is 23.7. The van der Waals surface area contributed by atoms with Crippen molar-refractivity contribution in [3.05, 3.63) is 96.7 Å². The van der Waals surface area contributed by atoms with Crippen LogP contribution < -0.4 is 24.8 Å². The molecule has 0 saturated carbocycles. The number of nitrogens with one attached hydrogen (secondary N) is 2. The molecule has 1 heterocycles. The third-order valence-corrected chi connectivity index (χ3v) is 6.62. The molecule has 0 aliphatic rings. The lowest BCUT2D eigenvalue weighted by Gasteiger charge is -2.21. The van der Waals surface area contributed by atoms with Gasteiger partial charge in [-0.15, -0.1) is 0 Å². The third kappa shape index (κ3) is 6.22. The van der Waals surface area contributed by atoms with Crippen molar-refractivity contribution in [1.29, 1.82) is 0 Å². The molecule has 0 fully saturated rings. The van der Waals surface area contributed by atoms with Crippen LogP contribution in [0.4, 0.5) is 16.2 Å². The van der Waals surface area contributed by atoms with Crippen molar-refractivity contribution >= 4 is 28.2 Å². The summed E-state index contributed by atoms with van der Waals surface area (Å²) < 4.78 is 17.0. The Balaban J connectivity index is 1.39. The molecular weight excluding hydrogens is 516 g/mol. The van der Waals surface area contributed by atoms with Crippen molar-refractivity contribution in [3.63, 3.8) is 0 Å². The number of carbonyl (C=O) groups excluding carboxylic acids is 1. The first-order valence-electron chi connectivity index (χ1n) is 13.2. The van der Waals surface area contributed by atoms with E-state index in [0.717, 1.165) is 27.6 Å². The number of anilines is 2. The van der Waals surface area contributed by atoms with E-state index in [1.54, 1.807) is 26.5 Å². The second-order valence-electron chi connectivity index (χ2n) is 10.5. The molecule has 0 unspecified atom stereocenters. The van der Waals surface area contributed by atoms with Gasteiger partial charge in [0.25, 0.3) is 0 Å². The van der Waals surface area contributed by atoms with E-state index in [2.05, 4.69) is 41.4 Å². The third-order valence-electron chi connectivity index (χ3n) is 6.62. The van der Waals surface area contributed by atoms with Crippen LogP contribution in [0.15, 0.2) is 91.1 Å². The minimum atomic E-state index is -0.382. The second-order valence-corrected chi connectivity index (χ2v) is 10.5. The average molecular weight is 549 g/mol. The van der Waals surface area contributed by atoms with Crippen LogP contribution in [-0.2, 0) is 5.41 Å². The van der Waals surface area contributed by atoms with Crippen LogP contribution in [0.25, 0.3) is 22.2 Å². The highest BCUT2D eigenvalue weighted by Gasteiger charge is 2.18. The summed E-state index contributed by atoms with van der Waals surface area (Å²) in [5, 5.41) is 7.55. The first kappa shape index (κ1) is 27.5. The molecule has 8 heteroatoms. The number of urea groups is 1. The van der Waals surface area contributed by atoms with Crippen LogP contribution in [-0.4, -0.2) is 30.2 Å². The van der Waals surface area contributed by atoms with Gasteiger partial charge in [0.1, 0.15) is 17.2 Å². The van der Waals surface area contributed by atoms with Crippen molar-refractivity contribution < 1.29 is 19.0 Å². The van der Waals surface area contributed by atoms with E-state index in [1.807, 2.05) is 78.9 Å². The van der Waals surface area contributed by atoms with Gasteiger partial charge in [-0.3, -0.25) is 0 Å². The summed E-state index contributed by atoms with van der Waals surface area (Å²) in [7, 11) is 3.20. The van der Waals surface area contributed by atoms with Crippen molar-refractivity contribution in [2.45, 2.75) is 26.2 Å². The minimum absolute atomic E-state index is 0.0798. The Hall–Kier alpha value is -5.11. The number of hydrogen-bond acceptors (Lipinski definition) is 6. The molecule has 0 radical (unpaired) electrons. The Morgan fingerprint density at radius 2 is 1.51 bits per heavy atom. The number of hydrogen-bond donors (Lipinski definition) is 2. The number of benzene rings is 4. The highest BCUT2D eigenvalue weighted by molar-refractivity contribution is 6.08. The number of methoxy groups -OCH3 is 2. The van der Waals surface area contributed by atoms with Crippen molar-refractivity contribution in [1.82, 2.24) is 9.97 Å². The molecular formula is C33H32N4O4. The standard InChI is InChI=1S/C33H32N4O4/c1-33(2,3)22-13-15-29(40-5)27(20-22)36-32(38)35-26-14-16-28(25-12-7-6-11-24(25)26)41-30-17-18-34-31(37-30)21-9-8-10-23(19-21)39-4/h6-20H,1-5H3,(H2,35,36,38). The smallest absolute Gasteiger partial charge is 0.323 e. The fourth-order valence-electron chi connectivity index (χ4n) is 4.43. The van der Waals surface area contributed by atoms with E-state index in [-0.39, 0.29) is 11.4 Å². The van der Waals surface area contributed by atoms with E-state index in [0.29, 0.717) is 34.6 Å². The highest BCUT2D eigenvalue weighted by atomic mass is 16.5. The molecule has 0 aliphatic carbocycles. The number of nitrogens with zero attached hydrogens (tertiary/aromatic N) is 2. The molecule has 0 bridgehead atoms. The van der Waals surface area contributed by atoms with Crippen LogP contribution in [0.2, 0.25) is 0 Å². The van der Waals surface area contributed by atoms with Gasteiger partial charge in [0.2, 0.25) is 5.88 Å². The van der Waals surface area contributed by atoms with Gasteiger partial charge in [0.05, 0.1) is 25.6 Å².